The smallest absolute Gasteiger partial charge is 0.327 e. The zero-order chi connectivity index (χ0) is 24.1. The van der Waals surface area contributed by atoms with Crippen LogP contribution in [0.25, 0.3) is 0 Å². The lowest BCUT2D eigenvalue weighted by atomic mass is 10.1. The van der Waals surface area contributed by atoms with Crippen LogP contribution in [0.15, 0.2) is 30.3 Å². The molecule has 8 N–H and O–H groups in total. The summed E-state index contributed by atoms with van der Waals surface area (Å²) in [5.74, 6) is -3.06. The minimum atomic E-state index is -1.23. The standard InChI is InChI=1S/C21H33N5O5S/c1-13(24-19(28)15(23)11-14-7-3-2-4-8-14)18(27)25-16(9-5-6-10-22)20(29)26-17(12-32)21(30)31/h2-4,7-8,13,15-17,32H,5-6,9-12,22-23H2,1H3,(H,24,28)(H,25,27)(H,26,29)(H,30,31). The fourth-order valence-electron chi connectivity index (χ4n) is 2.86. The molecule has 1 aromatic rings. The molecule has 0 aliphatic heterocycles. The first-order valence-electron chi connectivity index (χ1n) is 10.4. The number of hydrogen-bond acceptors (Lipinski definition) is 7. The predicted octanol–water partition coefficient (Wildman–Crippen LogP) is -0.826. The van der Waals surface area contributed by atoms with Crippen LogP contribution in [0.2, 0.25) is 0 Å². The lowest BCUT2D eigenvalue weighted by molar-refractivity contribution is -0.141. The average molecular weight is 468 g/mol. The van der Waals surface area contributed by atoms with Crippen molar-refractivity contribution in [3.05, 3.63) is 35.9 Å². The maximum Gasteiger partial charge on any atom is 0.327 e. The molecule has 0 aliphatic carbocycles. The van der Waals surface area contributed by atoms with E-state index in [9.17, 15) is 19.2 Å². The third kappa shape index (κ3) is 9.67. The molecule has 0 heterocycles. The molecule has 4 unspecified atom stereocenters. The Kier molecular flexibility index (Phi) is 12.4. The molecular formula is C21H33N5O5S. The summed E-state index contributed by atoms with van der Waals surface area (Å²) in [6, 6.07) is 5.28. The first-order chi connectivity index (χ1) is 15.2. The minimum absolute atomic E-state index is 0.101. The van der Waals surface area contributed by atoms with Gasteiger partial charge in [-0.1, -0.05) is 30.3 Å². The molecule has 3 amide bonds. The van der Waals surface area contributed by atoms with Crippen LogP contribution >= 0.6 is 12.6 Å². The number of amides is 3. The first kappa shape index (κ1) is 27.4. The maximum absolute atomic E-state index is 12.6. The van der Waals surface area contributed by atoms with Crippen molar-refractivity contribution in [1.29, 1.82) is 0 Å². The normalized spacial score (nSPS) is 14.5. The van der Waals surface area contributed by atoms with Crippen molar-refractivity contribution >= 4 is 36.3 Å². The van der Waals surface area contributed by atoms with E-state index in [1.165, 1.54) is 6.92 Å². The topological polar surface area (TPSA) is 177 Å². The summed E-state index contributed by atoms with van der Waals surface area (Å²) in [5.41, 5.74) is 12.3. The maximum atomic E-state index is 12.6. The van der Waals surface area contributed by atoms with Crippen LogP contribution in [0, 0.1) is 0 Å². The van der Waals surface area contributed by atoms with Gasteiger partial charge in [0.25, 0.3) is 0 Å². The van der Waals surface area contributed by atoms with Gasteiger partial charge in [0.15, 0.2) is 0 Å². The molecule has 178 valence electrons. The number of rotatable bonds is 14. The first-order valence-corrected chi connectivity index (χ1v) is 11.1. The van der Waals surface area contributed by atoms with Crippen LogP contribution in [-0.2, 0) is 25.6 Å². The second kappa shape index (κ2) is 14.4. The third-order valence-corrected chi connectivity index (χ3v) is 5.13. The molecule has 0 fully saturated rings. The second-order valence-electron chi connectivity index (χ2n) is 7.45. The van der Waals surface area contributed by atoms with Gasteiger partial charge in [-0.3, -0.25) is 14.4 Å². The van der Waals surface area contributed by atoms with Crippen molar-refractivity contribution in [2.24, 2.45) is 11.5 Å². The molecule has 10 nitrogen and oxygen atoms in total. The minimum Gasteiger partial charge on any atom is -0.480 e. The fourth-order valence-corrected chi connectivity index (χ4v) is 3.11. The summed E-state index contributed by atoms with van der Waals surface area (Å²) in [6.45, 7) is 1.90. The van der Waals surface area contributed by atoms with Crippen LogP contribution in [0.3, 0.4) is 0 Å². The molecule has 0 bridgehead atoms. The van der Waals surface area contributed by atoms with Gasteiger partial charge in [0.05, 0.1) is 6.04 Å². The number of unbranched alkanes of at least 4 members (excludes halogenated alkanes) is 1. The quantitative estimate of drug-likeness (QED) is 0.138. The molecule has 1 aromatic carbocycles. The molecule has 0 radical (unpaired) electrons. The van der Waals surface area contributed by atoms with Gasteiger partial charge in [-0.05, 0) is 44.7 Å². The Morgan fingerprint density at radius 3 is 2.16 bits per heavy atom. The molecule has 11 heteroatoms. The Hall–Kier alpha value is -2.63. The highest BCUT2D eigenvalue weighted by Gasteiger charge is 2.28. The number of benzene rings is 1. The summed E-state index contributed by atoms with van der Waals surface area (Å²) in [5, 5.41) is 16.6. The number of nitrogens with one attached hydrogen (secondary N) is 3. The number of thiol groups is 1. The number of hydrogen-bond donors (Lipinski definition) is 7. The van der Waals surface area contributed by atoms with Crippen LogP contribution < -0.4 is 27.4 Å². The van der Waals surface area contributed by atoms with E-state index in [1.54, 1.807) is 0 Å². The Labute approximate surface area is 193 Å². The zero-order valence-corrected chi connectivity index (χ0v) is 19.0. The number of carboxylic acids is 1. The summed E-state index contributed by atoms with van der Waals surface area (Å²) in [4.78, 5) is 48.7. The van der Waals surface area contributed by atoms with Crippen LogP contribution in [0.5, 0.6) is 0 Å². The SMILES string of the molecule is CC(NC(=O)C(N)Cc1ccccc1)C(=O)NC(CCCCN)C(=O)NC(CS)C(=O)O. The monoisotopic (exact) mass is 467 g/mol. The number of nitrogens with two attached hydrogens (primary N) is 2. The van der Waals surface area contributed by atoms with Crippen LogP contribution in [0.4, 0.5) is 0 Å². The Balaban J connectivity index is 2.70. The lowest BCUT2D eigenvalue weighted by Gasteiger charge is -2.23. The van der Waals surface area contributed by atoms with E-state index in [0.29, 0.717) is 25.8 Å². The van der Waals surface area contributed by atoms with Crippen molar-refractivity contribution in [2.45, 2.75) is 56.8 Å². The molecular weight excluding hydrogens is 434 g/mol. The number of carbonyl (C=O) groups excluding carboxylic acids is 3. The van der Waals surface area contributed by atoms with Crippen molar-refractivity contribution < 1.29 is 24.3 Å². The molecule has 4 atom stereocenters. The summed E-state index contributed by atoms with van der Waals surface area (Å²) in [6.07, 6.45) is 1.76. The second-order valence-corrected chi connectivity index (χ2v) is 7.82. The van der Waals surface area contributed by atoms with Crippen molar-refractivity contribution in [3.63, 3.8) is 0 Å². The van der Waals surface area contributed by atoms with Crippen LogP contribution in [-0.4, -0.2) is 65.3 Å². The van der Waals surface area contributed by atoms with E-state index in [1.807, 2.05) is 30.3 Å². The largest absolute Gasteiger partial charge is 0.480 e. The van der Waals surface area contributed by atoms with Gasteiger partial charge >= 0.3 is 5.97 Å². The van der Waals surface area contributed by atoms with Gasteiger partial charge in [-0.25, -0.2) is 4.79 Å². The zero-order valence-electron chi connectivity index (χ0n) is 18.1. The van der Waals surface area contributed by atoms with Crippen molar-refractivity contribution in [2.75, 3.05) is 12.3 Å². The third-order valence-electron chi connectivity index (χ3n) is 4.76. The van der Waals surface area contributed by atoms with E-state index in [4.69, 9.17) is 16.6 Å². The Bertz CT molecular complexity index is 764. The summed E-state index contributed by atoms with van der Waals surface area (Å²) in [7, 11) is 0. The number of carbonyl (C=O) groups is 4. The summed E-state index contributed by atoms with van der Waals surface area (Å²) < 4.78 is 0. The van der Waals surface area contributed by atoms with Crippen molar-refractivity contribution in [3.8, 4) is 0 Å². The molecule has 0 aromatic heterocycles. The molecule has 0 aliphatic rings. The average Bonchev–Trinajstić information content (AvgIpc) is 2.76. The molecule has 0 spiro atoms. The van der Waals surface area contributed by atoms with E-state index < -0.39 is 47.9 Å². The van der Waals surface area contributed by atoms with E-state index in [2.05, 4.69) is 28.6 Å². The summed E-state index contributed by atoms with van der Waals surface area (Å²) >= 11 is 3.92. The molecule has 0 saturated heterocycles. The highest BCUT2D eigenvalue weighted by molar-refractivity contribution is 7.80. The molecule has 0 saturated carbocycles. The lowest BCUT2D eigenvalue weighted by Crippen LogP contribution is -2.56. The fraction of sp³-hybridized carbons (Fsp3) is 0.524. The van der Waals surface area contributed by atoms with Crippen molar-refractivity contribution in [1.82, 2.24) is 16.0 Å². The van der Waals surface area contributed by atoms with E-state index >= 15 is 0 Å². The van der Waals surface area contributed by atoms with Gasteiger partial charge in [0.2, 0.25) is 17.7 Å². The van der Waals surface area contributed by atoms with Gasteiger partial charge in [0, 0.05) is 5.75 Å². The highest BCUT2D eigenvalue weighted by Crippen LogP contribution is 2.04. The highest BCUT2D eigenvalue weighted by atomic mass is 32.1. The Morgan fingerprint density at radius 2 is 1.59 bits per heavy atom. The van der Waals surface area contributed by atoms with Gasteiger partial charge in [0.1, 0.15) is 18.1 Å². The number of aliphatic carboxylic acids is 1. The van der Waals surface area contributed by atoms with E-state index in [-0.39, 0.29) is 12.2 Å². The predicted molar refractivity (Wildman–Crippen MR) is 124 cm³/mol. The van der Waals surface area contributed by atoms with Crippen LogP contribution in [0.1, 0.15) is 31.7 Å². The van der Waals surface area contributed by atoms with Gasteiger partial charge < -0.3 is 32.5 Å². The molecule has 1 rings (SSSR count). The van der Waals surface area contributed by atoms with E-state index in [0.717, 1.165) is 5.56 Å². The van der Waals surface area contributed by atoms with Gasteiger partial charge in [-0.15, -0.1) is 0 Å². The molecule has 32 heavy (non-hydrogen) atoms. The number of carboxylic acid groups (broad SMARTS) is 1. The van der Waals surface area contributed by atoms with Gasteiger partial charge in [-0.2, -0.15) is 12.6 Å². The Morgan fingerprint density at radius 1 is 0.969 bits per heavy atom.